The normalized spacial score (nSPS) is 12.3. The molecule has 0 aliphatic rings. The molecule has 0 fully saturated rings. The van der Waals surface area contributed by atoms with Crippen molar-refractivity contribution in [1.29, 1.82) is 0 Å². The highest BCUT2D eigenvalue weighted by Gasteiger charge is 2.19. The molecule has 0 spiro atoms. The summed E-state index contributed by atoms with van der Waals surface area (Å²) in [7, 11) is 0. The van der Waals surface area contributed by atoms with Crippen LogP contribution in [0, 0.1) is 6.92 Å². The van der Waals surface area contributed by atoms with E-state index < -0.39 is 0 Å². The highest BCUT2D eigenvalue weighted by Crippen LogP contribution is 2.40. The molecule has 2 aromatic rings. The lowest BCUT2D eigenvalue weighted by atomic mass is 10.00. The Morgan fingerprint density at radius 1 is 1.10 bits per heavy atom. The average molecular weight is 409 g/mol. The Labute approximate surface area is 148 Å². The van der Waals surface area contributed by atoms with Gasteiger partial charge in [0.1, 0.15) is 5.75 Å². The van der Waals surface area contributed by atoms with E-state index in [1.54, 1.807) is 12.1 Å². The molecule has 0 heterocycles. The van der Waals surface area contributed by atoms with Gasteiger partial charge in [0.05, 0.1) is 17.0 Å². The zero-order valence-electron chi connectivity index (χ0n) is 11.6. The first-order valence-electron chi connectivity index (χ1n) is 6.46. The average Bonchev–Trinajstić information content (AvgIpc) is 2.42. The van der Waals surface area contributed by atoms with Crippen molar-refractivity contribution in [2.45, 2.75) is 19.2 Å². The zero-order valence-corrected chi connectivity index (χ0v) is 15.4. The maximum atomic E-state index is 6.60. The Morgan fingerprint density at radius 3 is 2.43 bits per heavy atom. The second-order valence-corrected chi connectivity index (χ2v) is 6.77. The van der Waals surface area contributed by atoms with Gasteiger partial charge in [0.2, 0.25) is 0 Å². The maximum absolute atomic E-state index is 6.60. The molecule has 112 valence electrons. The summed E-state index contributed by atoms with van der Waals surface area (Å²) in [6.07, 6.45) is 0. The molecule has 5 heteroatoms. The summed E-state index contributed by atoms with van der Waals surface area (Å²) >= 11 is 22.6. The summed E-state index contributed by atoms with van der Waals surface area (Å²) in [5, 5.41) is 0.695. The van der Waals surface area contributed by atoms with Crippen LogP contribution in [0.1, 0.15) is 29.0 Å². The predicted octanol–water partition coefficient (Wildman–Crippen LogP) is 6.79. The number of hydrogen-bond donors (Lipinski definition) is 0. The summed E-state index contributed by atoms with van der Waals surface area (Å²) < 4.78 is 6.45. The number of alkyl halides is 1. The van der Waals surface area contributed by atoms with Crippen LogP contribution in [-0.2, 0) is 0 Å². The smallest absolute Gasteiger partial charge is 0.139 e. The van der Waals surface area contributed by atoms with Crippen LogP contribution in [0.4, 0.5) is 0 Å². The first kappa shape index (κ1) is 17.0. The Bertz CT molecular complexity index is 658. The highest BCUT2D eigenvalue weighted by atomic mass is 79.9. The molecule has 0 bridgehead atoms. The van der Waals surface area contributed by atoms with Crippen molar-refractivity contribution in [3.8, 4) is 5.75 Å². The van der Waals surface area contributed by atoms with Crippen molar-refractivity contribution in [3.63, 3.8) is 0 Å². The van der Waals surface area contributed by atoms with Crippen molar-refractivity contribution in [2.24, 2.45) is 0 Å². The Hall–Kier alpha value is -0.410. The lowest BCUT2D eigenvalue weighted by molar-refractivity contribution is 0.340. The number of benzene rings is 2. The predicted molar refractivity (Wildman–Crippen MR) is 94.2 cm³/mol. The molecule has 21 heavy (non-hydrogen) atoms. The molecule has 1 unspecified atom stereocenters. The summed E-state index contributed by atoms with van der Waals surface area (Å²) in [6.45, 7) is 4.44. The minimum Gasteiger partial charge on any atom is -0.492 e. The number of rotatable bonds is 4. The van der Waals surface area contributed by atoms with Crippen molar-refractivity contribution >= 4 is 50.7 Å². The molecule has 0 aromatic heterocycles. The lowest BCUT2D eigenvalue weighted by Crippen LogP contribution is -1.99. The van der Waals surface area contributed by atoms with Gasteiger partial charge in [-0.15, -0.1) is 11.6 Å². The van der Waals surface area contributed by atoms with Gasteiger partial charge >= 0.3 is 0 Å². The van der Waals surface area contributed by atoms with Gasteiger partial charge in [-0.25, -0.2) is 0 Å². The summed E-state index contributed by atoms with van der Waals surface area (Å²) in [6, 6.07) is 9.45. The number of ether oxygens (including phenoxy) is 1. The molecule has 0 aliphatic carbocycles. The minimum atomic E-state index is -0.362. The molecule has 2 rings (SSSR count). The molecule has 0 radical (unpaired) electrons. The van der Waals surface area contributed by atoms with E-state index in [0.717, 1.165) is 21.2 Å². The van der Waals surface area contributed by atoms with E-state index in [9.17, 15) is 0 Å². The van der Waals surface area contributed by atoms with Crippen LogP contribution >= 0.6 is 50.7 Å². The van der Waals surface area contributed by atoms with E-state index in [1.807, 2.05) is 32.0 Å². The fraction of sp³-hybridized carbons (Fsp3) is 0.250. The first-order valence-corrected chi connectivity index (χ1v) is 8.44. The third kappa shape index (κ3) is 3.87. The molecule has 0 N–H and O–H groups in total. The van der Waals surface area contributed by atoms with Gasteiger partial charge in [-0.3, -0.25) is 0 Å². The standard InChI is InChI=1S/C16H14BrCl3O/c1-3-21-15-8-13(18)12(7-14(15)19)16(20)11-5-4-10(17)6-9(11)2/h4-8,16H,3H2,1-2H3. The fourth-order valence-electron chi connectivity index (χ4n) is 2.10. The second-order valence-electron chi connectivity index (χ2n) is 4.60. The molecular formula is C16H14BrCl3O. The van der Waals surface area contributed by atoms with Crippen molar-refractivity contribution in [3.05, 3.63) is 61.5 Å². The van der Waals surface area contributed by atoms with Crippen LogP contribution in [0.15, 0.2) is 34.8 Å². The third-order valence-corrected chi connectivity index (χ3v) is 4.72. The molecule has 1 atom stereocenters. The summed E-state index contributed by atoms with van der Waals surface area (Å²) in [4.78, 5) is 0. The van der Waals surface area contributed by atoms with Gasteiger partial charge in [0.25, 0.3) is 0 Å². The van der Waals surface area contributed by atoms with Gasteiger partial charge in [-0.05, 0) is 48.7 Å². The second kappa shape index (κ2) is 7.23. The quantitative estimate of drug-likeness (QED) is 0.506. The fourth-order valence-corrected chi connectivity index (χ4v) is 3.54. The lowest BCUT2D eigenvalue weighted by Gasteiger charge is -2.17. The largest absolute Gasteiger partial charge is 0.492 e. The van der Waals surface area contributed by atoms with Crippen LogP contribution in [-0.4, -0.2) is 6.61 Å². The molecule has 1 nitrogen and oxygen atoms in total. The third-order valence-electron chi connectivity index (χ3n) is 3.13. The van der Waals surface area contributed by atoms with Crippen LogP contribution < -0.4 is 4.74 Å². The topological polar surface area (TPSA) is 9.23 Å². The molecular weight excluding hydrogens is 394 g/mol. The highest BCUT2D eigenvalue weighted by molar-refractivity contribution is 9.10. The van der Waals surface area contributed by atoms with Gasteiger partial charge in [0.15, 0.2) is 0 Å². The van der Waals surface area contributed by atoms with E-state index in [0.29, 0.717) is 22.4 Å². The van der Waals surface area contributed by atoms with Crippen molar-refractivity contribution < 1.29 is 4.74 Å². The van der Waals surface area contributed by atoms with E-state index in [4.69, 9.17) is 39.5 Å². The molecule has 0 amide bonds. The van der Waals surface area contributed by atoms with Gasteiger partial charge < -0.3 is 4.74 Å². The van der Waals surface area contributed by atoms with E-state index in [1.165, 1.54) is 0 Å². The monoisotopic (exact) mass is 406 g/mol. The number of aryl methyl sites for hydroxylation is 1. The molecule has 0 saturated heterocycles. The summed E-state index contributed by atoms with van der Waals surface area (Å²) in [5.74, 6) is 0.573. The van der Waals surface area contributed by atoms with Crippen molar-refractivity contribution in [2.75, 3.05) is 6.61 Å². The van der Waals surface area contributed by atoms with Crippen molar-refractivity contribution in [1.82, 2.24) is 0 Å². The molecule has 2 aromatic carbocycles. The van der Waals surface area contributed by atoms with Gasteiger partial charge in [-0.2, -0.15) is 0 Å². The first-order chi connectivity index (χ1) is 9.93. The van der Waals surface area contributed by atoms with Crippen LogP contribution in [0.2, 0.25) is 10.0 Å². The van der Waals surface area contributed by atoms with Crippen LogP contribution in [0.5, 0.6) is 5.75 Å². The minimum absolute atomic E-state index is 0.362. The van der Waals surface area contributed by atoms with Crippen LogP contribution in [0.3, 0.4) is 0 Å². The van der Waals surface area contributed by atoms with Crippen LogP contribution in [0.25, 0.3) is 0 Å². The van der Waals surface area contributed by atoms with Gasteiger partial charge in [-0.1, -0.05) is 45.2 Å². The Morgan fingerprint density at radius 2 is 1.81 bits per heavy atom. The number of hydrogen-bond acceptors (Lipinski definition) is 1. The maximum Gasteiger partial charge on any atom is 0.139 e. The Balaban J connectivity index is 2.43. The zero-order chi connectivity index (χ0) is 15.6. The molecule has 0 saturated carbocycles. The Kier molecular flexibility index (Phi) is 5.84. The summed E-state index contributed by atoms with van der Waals surface area (Å²) in [5.41, 5.74) is 2.87. The number of halogens is 4. The van der Waals surface area contributed by atoms with E-state index in [2.05, 4.69) is 15.9 Å². The van der Waals surface area contributed by atoms with E-state index in [-0.39, 0.29) is 5.38 Å². The molecule has 0 aliphatic heterocycles. The van der Waals surface area contributed by atoms with Gasteiger partial charge in [0, 0.05) is 15.6 Å². The SMILES string of the molecule is CCOc1cc(Cl)c(C(Cl)c2ccc(Br)cc2C)cc1Cl. The van der Waals surface area contributed by atoms with E-state index >= 15 is 0 Å².